The highest BCUT2D eigenvalue weighted by Crippen LogP contribution is 2.35. The third kappa shape index (κ3) is 4.61. The van der Waals surface area contributed by atoms with Crippen LogP contribution in [0.4, 0.5) is 0 Å². The largest absolute Gasteiger partial charge is 0.314 e. The van der Waals surface area contributed by atoms with Crippen LogP contribution in [-0.4, -0.2) is 17.6 Å². The van der Waals surface area contributed by atoms with Crippen molar-refractivity contribution < 1.29 is 0 Å². The number of hydrogen-bond acceptors (Lipinski definition) is 2. The molecule has 0 aliphatic heterocycles. The van der Waals surface area contributed by atoms with E-state index < -0.39 is 0 Å². The standard InChI is InChI=1S/C17H28N2/c1-13(2)19-12-16-7-6-14(3)9-17(16)10-15-5-4-8-18-11-15/h4-5,8,11,13-14,16-17,19H,6-7,9-10,12H2,1-3H3. The summed E-state index contributed by atoms with van der Waals surface area (Å²) in [5.41, 5.74) is 1.40. The van der Waals surface area contributed by atoms with E-state index in [1.807, 2.05) is 12.4 Å². The average molecular weight is 260 g/mol. The molecule has 1 aliphatic rings. The van der Waals surface area contributed by atoms with Gasteiger partial charge in [-0.25, -0.2) is 0 Å². The molecule has 106 valence electrons. The van der Waals surface area contributed by atoms with E-state index in [0.29, 0.717) is 6.04 Å². The molecular weight excluding hydrogens is 232 g/mol. The van der Waals surface area contributed by atoms with Gasteiger partial charge >= 0.3 is 0 Å². The SMILES string of the molecule is CC1CCC(CNC(C)C)C(Cc2cccnc2)C1. The molecule has 3 atom stereocenters. The van der Waals surface area contributed by atoms with E-state index >= 15 is 0 Å². The third-order valence-corrected chi connectivity index (χ3v) is 4.41. The first-order valence-corrected chi connectivity index (χ1v) is 7.77. The minimum absolute atomic E-state index is 0.596. The van der Waals surface area contributed by atoms with Crippen LogP contribution in [0.5, 0.6) is 0 Å². The Morgan fingerprint density at radius 2 is 2.16 bits per heavy atom. The molecule has 0 bridgehead atoms. The maximum atomic E-state index is 4.25. The minimum atomic E-state index is 0.596. The first-order chi connectivity index (χ1) is 9.15. The van der Waals surface area contributed by atoms with Crippen molar-refractivity contribution in [2.45, 2.75) is 52.5 Å². The molecule has 0 amide bonds. The maximum Gasteiger partial charge on any atom is 0.0299 e. The second kappa shape index (κ2) is 7.04. The second-order valence-electron chi connectivity index (χ2n) is 6.57. The smallest absolute Gasteiger partial charge is 0.0299 e. The minimum Gasteiger partial charge on any atom is -0.314 e. The fourth-order valence-corrected chi connectivity index (χ4v) is 3.29. The Morgan fingerprint density at radius 3 is 2.84 bits per heavy atom. The molecule has 3 unspecified atom stereocenters. The molecule has 19 heavy (non-hydrogen) atoms. The lowest BCUT2D eigenvalue weighted by atomic mass is 9.72. The molecule has 1 heterocycles. The molecule has 1 N–H and O–H groups in total. The van der Waals surface area contributed by atoms with Crippen molar-refractivity contribution in [3.8, 4) is 0 Å². The molecule has 1 fully saturated rings. The summed E-state index contributed by atoms with van der Waals surface area (Å²) in [6.45, 7) is 8.06. The number of nitrogens with zero attached hydrogens (tertiary/aromatic N) is 1. The Hall–Kier alpha value is -0.890. The number of hydrogen-bond donors (Lipinski definition) is 1. The maximum absolute atomic E-state index is 4.25. The van der Waals surface area contributed by atoms with Crippen LogP contribution < -0.4 is 5.32 Å². The molecule has 1 aliphatic carbocycles. The predicted molar refractivity (Wildman–Crippen MR) is 81.1 cm³/mol. The lowest BCUT2D eigenvalue weighted by molar-refractivity contribution is 0.181. The number of nitrogens with one attached hydrogen (secondary N) is 1. The molecule has 0 radical (unpaired) electrons. The van der Waals surface area contributed by atoms with Gasteiger partial charge in [0, 0.05) is 18.4 Å². The van der Waals surface area contributed by atoms with Gasteiger partial charge in [-0.05, 0) is 55.2 Å². The normalized spacial score (nSPS) is 27.7. The van der Waals surface area contributed by atoms with Crippen molar-refractivity contribution >= 4 is 0 Å². The van der Waals surface area contributed by atoms with Crippen LogP contribution in [0.15, 0.2) is 24.5 Å². The summed E-state index contributed by atoms with van der Waals surface area (Å²) in [4.78, 5) is 4.25. The van der Waals surface area contributed by atoms with Crippen molar-refractivity contribution in [3.05, 3.63) is 30.1 Å². The Bertz CT molecular complexity index is 361. The zero-order valence-electron chi connectivity index (χ0n) is 12.6. The molecule has 2 rings (SSSR count). The highest BCUT2D eigenvalue weighted by molar-refractivity contribution is 5.10. The van der Waals surface area contributed by atoms with E-state index in [4.69, 9.17) is 0 Å². The van der Waals surface area contributed by atoms with Crippen LogP contribution >= 0.6 is 0 Å². The van der Waals surface area contributed by atoms with Crippen LogP contribution in [0.3, 0.4) is 0 Å². The molecule has 2 nitrogen and oxygen atoms in total. The van der Waals surface area contributed by atoms with Gasteiger partial charge in [0.1, 0.15) is 0 Å². The molecule has 1 aromatic rings. The van der Waals surface area contributed by atoms with Crippen molar-refractivity contribution in [1.29, 1.82) is 0 Å². The van der Waals surface area contributed by atoms with Gasteiger partial charge in [0.2, 0.25) is 0 Å². The highest BCUT2D eigenvalue weighted by atomic mass is 14.9. The van der Waals surface area contributed by atoms with E-state index in [-0.39, 0.29) is 0 Å². The topological polar surface area (TPSA) is 24.9 Å². The summed E-state index contributed by atoms with van der Waals surface area (Å²) in [7, 11) is 0. The van der Waals surface area contributed by atoms with Gasteiger partial charge in [0.25, 0.3) is 0 Å². The van der Waals surface area contributed by atoms with Crippen molar-refractivity contribution in [3.63, 3.8) is 0 Å². The van der Waals surface area contributed by atoms with E-state index in [2.05, 4.69) is 43.2 Å². The fourth-order valence-electron chi connectivity index (χ4n) is 3.29. The van der Waals surface area contributed by atoms with Crippen molar-refractivity contribution in [2.75, 3.05) is 6.54 Å². The van der Waals surface area contributed by atoms with E-state index in [9.17, 15) is 0 Å². The highest BCUT2D eigenvalue weighted by Gasteiger charge is 2.28. The second-order valence-corrected chi connectivity index (χ2v) is 6.57. The Labute approximate surface area is 118 Å². The lowest BCUT2D eigenvalue weighted by Gasteiger charge is -2.35. The van der Waals surface area contributed by atoms with E-state index in [1.54, 1.807) is 0 Å². The number of pyridine rings is 1. The summed E-state index contributed by atoms with van der Waals surface area (Å²) < 4.78 is 0. The molecule has 1 saturated carbocycles. The number of rotatable bonds is 5. The summed E-state index contributed by atoms with van der Waals surface area (Å²) in [5.74, 6) is 2.54. The van der Waals surface area contributed by atoms with Gasteiger partial charge in [0.05, 0.1) is 0 Å². The first-order valence-electron chi connectivity index (χ1n) is 7.77. The summed E-state index contributed by atoms with van der Waals surface area (Å²) in [6, 6.07) is 4.88. The summed E-state index contributed by atoms with van der Waals surface area (Å²) in [5, 5.41) is 3.63. The van der Waals surface area contributed by atoms with Gasteiger partial charge in [-0.1, -0.05) is 33.3 Å². The van der Waals surface area contributed by atoms with Gasteiger partial charge < -0.3 is 5.32 Å². The predicted octanol–water partition coefficient (Wildman–Crippen LogP) is 3.67. The van der Waals surface area contributed by atoms with Crippen LogP contribution in [0.2, 0.25) is 0 Å². The van der Waals surface area contributed by atoms with Gasteiger partial charge in [-0.2, -0.15) is 0 Å². The lowest BCUT2D eigenvalue weighted by Crippen LogP contribution is -2.36. The van der Waals surface area contributed by atoms with Crippen LogP contribution in [0, 0.1) is 17.8 Å². The third-order valence-electron chi connectivity index (χ3n) is 4.41. The zero-order chi connectivity index (χ0) is 13.7. The Balaban J connectivity index is 1.96. The van der Waals surface area contributed by atoms with E-state index in [1.165, 1.54) is 37.8 Å². The van der Waals surface area contributed by atoms with Gasteiger partial charge in [0.15, 0.2) is 0 Å². The van der Waals surface area contributed by atoms with Crippen molar-refractivity contribution in [1.82, 2.24) is 10.3 Å². The van der Waals surface area contributed by atoms with E-state index in [0.717, 1.165) is 17.8 Å². The zero-order valence-corrected chi connectivity index (χ0v) is 12.6. The average Bonchev–Trinajstić information content (AvgIpc) is 2.39. The Morgan fingerprint density at radius 1 is 1.32 bits per heavy atom. The van der Waals surface area contributed by atoms with Crippen LogP contribution in [-0.2, 0) is 6.42 Å². The monoisotopic (exact) mass is 260 g/mol. The quantitative estimate of drug-likeness (QED) is 0.873. The molecule has 2 heteroatoms. The van der Waals surface area contributed by atoms with Gasteiger partial charge in [-0.15, -0.1) is 0 Å². The van der Waals surface area contributed by atoms with Crippen LogP contribution in [0.25, 0.3) is 0 Å². The number of aromatic nitrogens is 1. The van der Waals surface area contributed by atoms with Gasteiger partial charge in [-0.3, -0.25) is 4.98 Å². The van der Waals surface area contributed by atoms with Crippen molar-refractivity contribution in [2.24, 2.45) is 17.8 Å². The molecule has 0 spiro atoms. The molecule has 0 aromatic carbocycles. The first kappa shape index (κ1) is 14.5. The molecular formula is C17H28N2. The fraction of sp³-hybridized carbons (Fsp3) is 0.706. The molecule has 0 saturated heterocycles. The Kier molecular flexibility index (Phi) is 5.38. The molecule has 1 aromatic heterocycles. The summed E-state index contributed by atoms with van der Waals surface area (Å²) >= 11 is 0. The summed E-state index contributed by atoms with van der Waals surface area (Å²) in [6.07, 6.45) is 9.25. The van der Waals surface area contributed by atoms with Crippen LogP contribution in [0.1, 0.15) is 45.6 Å².